The molecule has 0 spiro atoms. The monoisotopic (exact) mass is 465 g/mol. The summed E-state index contributed by atoms with van der Waals surface area (Å²) in [6.45, 7) is 5.82. The SMILES string of the molecule is CC(C)(C)OC(=O)N[C@@H](CCCCN)C(=O)N(CCCCCO)C(=O)OCc1ccccc1. The van der Waals surface area contributed by atoms with Crippen molar-refractivity contribution in [3.05, 3.63) is 35.9 Å². The van der Waals surface area contributed by atoms with Crippen molar-refractivity contribution >= 4 is 18.1 Å². The summed E-state index contributed by atoms with van der Waals surface area (Å²) in [6.07, 6.45) is 1.80. The predicted molar refractivity (Wildman–Crippen MR) is 125 cm³/mol. The molecule has 0 fully saturated rings. The van der Waals surface area contributed by atoms with E-state index in [1.165, 1.54) is 0 Å². The van der Waals surface area contributed by atoms with Crippen molar-refractivity contribution in [2.24, 2.45) is 5.73 Å². The van der Waals surface area contributed by atoms with Crippen molar-refractivity contribution in [1.82, 2.24) is 10.2 Å². The first-order chi connectivity index (χ1) is 15.7. The van der Waals surface area contributed by atoms with Crippen LogP contribution in [0.25, 0.3) is 0 Å². The Morgan fingerprint density at radius 1 is 1.06 bits per heavy atom. The molecule has 1 aromatic carbocycles. The van der Waals surface area contributed by atoms with Crippen LogP contribution in [-0.2, 0) is 20.9 Å². The van der Waals surface area contributed by atoms with Gasteiger partial charge >= 0.3 is 12.2 Å². The molecule has 0 aromatic heterocycles. The number of carbonyl (C=O) groups excluding carboxylic acids is 3. The Morgan fingerprint density at radius 3 is 2.36 bits per heavy atom. The van der Waals surface area contributed by atoms with Gasteiger partial charge in [0.15, 0.2) is 0 Å². The molecule has 186 valence electrons. The quantitative estimate of drug-likeness (QED) is 0.381. The number of carbonyl (C=O) groups is 3. The molecule has 33 heavy (non-hydrogen) atoms. The van der Waals surface area contributed by atoms with Crippen LogP contribution in [-0.4, -0.2) is 59.4 Å². The van der Waals surface area contributed by atoms with E-state index < -0.39 is 29.7 Å². The van der Waals surface area contributed by atoms with Gasteiger partial charge in [0.05, 0.1) is 0 Å². The molecule has 0 saturated carbocycles. The van der Waals surface area contributed by atoms with Gasteiger partial charge in [0.25, 0.3) is 5.91 Å². The number of amides is 3. The number of nitrogens with one attached hydrogen (secondary N) is 1. The minimum atomic E-state index is -0.950. The predicted octanol–water partition coefficient (Wildman–Crippen LogP) is 3.34. The third kappa shape index (κ3) is 12.2. The Hall–Kier alpha value is -2.65. The maximum Gasteiger partial charge on any atom is 0.416 e. The molecule has 0 bridgehead atoms. The molecule has 1 atom stereocenters. The lowest BCUT2D eigenvalue weighted by molar-refractivity contribution is -0.132. The van der Waals surface area contributed by atoms with Crippen LogP contribution in [0.3, 0.4) is 0 Å². The normalized spacial score (nSPS) is 12.0. The lowest BCUT2D eigenvalue weighted by Gasteiger charge is -2.27. The Labute approximate surface area is 196 Å². The third-order valence-corrected chi connectivity index (χ3v) is 4.67. The summed E-state index contributed by atoms with van der Waals surface area (Å²) in [5.41, 5.74) is 5.64. The molecule has 0 unspecified atom stereocenters. The van der Waals surface area contributed by atoms with Crippen LogP contribution < -0.4 is 11.1 Å². The molecule has 9 nitrogen and oxygen atoms in total. The number of nitrogens with zero attached hydrogens (tertiary/aromatic N) is 1. The van der Waals surface area contributed by atoms with Gasteiger partial charge in [0.1, 0.15) is 18.2 Å². The first-order valence-electron chi connectivity index (χ1n) is 11.5. The molecule has 0 radical (unpaired) electrons. The van der Waals surface area contributed by atoms with E-state index in [9.17, 15) is 14.4 Å². The van der Waals surface area contributed by atoms with Crippen molar-refractivity contribution in [2.75, 3.05) is 19.7 Å². The first kappa shape index (κ1) is 28.4. The van der Waals surface area contributed by atoms with Gasteiger partial charge in [0, 0.05) is 13.2 Å². The highest BCUT2D eigenvalue weighted by Gasteiger charge is 2.31. The molecule has 1 rings (SSSR count). The van der Waals surface area contributed by atoms with Gasteiger partial charge < -0.3 is 25.6 Å². The molecular formula is C24H39N3O6. The average molecular weight is 466 g/mol. The molecule has 1 aromatic rings. The number of ether oxygens (including phenoxy) is 2. The second-order valence-electron chi connectivity index (χ2n) is 8.80. The fraction of sp³-hybridized carbons (Fsp3) is 0.625. The van der Waals surface area contributed by atoms with E-state index in [1.807, 2.05) is 30.3 Å². The number of imide groups is 1. The molecule has 4 N–H and O–H groups in total. The molecule has 0 saturated heterocycles. The topological polar surface area (TPSA) is 131 Å². The van der Waals surface area contributed by atoms with Crippen molar-refractivity contribution in [3.8, 4) is 0 Å². The molecule has 0 aliphatic rings. The lowest BCUT2D eigenvalue weighted by atomic mass is 10.1. The fourth-order valence-corrected chi connectivity index (χ4v) is 3.04. The Morgan fingerprint density at radius 2 is 1.76 bits per heavy atom. The maximum absolute atomic E-state index is 13.3. The van der Waals surface area contributed by atoms with E-state index in [-0.39, 0.29) is 19.8 Å². The van der Waals surface area contributed by atoms with E-state index in [4.69, 9.17) is 20.3 Å². The van der Waals surface area contributed by atoms with Crippen molar-refractivity contribution in [1.29, 1.82) is 0 Å². The van der Waals surface area contributed by atoms with Crippen molar-refractivity contribution in [3.63, 3.8) is 0 Å². The summed E-state index contributed by atoms with van der Waals surface area (Å²) >= 11 is 0. The zero-order chi connectivity index (χ0) is 24.7. The molecular weight excluding hydrogens is 426 g/mol. The molecule has 0 aliphatic heterocycles. The highest BCUT2D eigenvalue weighted by atomic mass is 16.6. The summed E-state index contributed by atoms with van der Waals surface area (Å²) in [6, 6.07) is 8.21. The van der Waals surface area contributed by atoms with Crippen molar-refractivity contribution in [2.45, 2.75) is 77.5 Å². The highest BCUT2D eigenvalue weighted by Crippen LogP contribution is 2.13. The standard InChI is InChI=1S/C24H39N3O6/c1-24(2,3)33-22(30)26-20(14-8-9-15-25)21(29)27(16-10-5-11-17-28)23(31)32-18-19-12-6-4-7-13-19/h4,6-7,12-13,20,28H,5,8-11,14-18,25H2,1-3H3,(H,26,30)/t20-/m0/s1. The smallest absolute Gasteiger partial charge is 0.416 e. The largest absolute Gasteiger partial charge is 0.444 e. The number of aliphatic hydroxyl groups is 1. The number of nitrogens with two attached hydrogens (primary N) is 1. The van der Waals surface area contributed by atoms with E-state index in [2.05, 4.69) is 5.32 Å². The van der Waals surface area contributed by atoms with Gasteiger partial charge in [-0.25, -0.2) is 14.5 Å². The number of benzene rings is 1. The van der Waals surface area contributed by atoms with Crippen LogP contribution in [0.5, 0.6) is 0 Å². The van der Waals surface area contributed by atoms with Gasteiger partial charge in [-0.3, -0.25) is 4.79 Å². The van der Waals surface area contributed by atoms with Crippen LogP contribution in [0.4, 0.5) is 9.59 Å². The van der Waals surface area contributed by atoms with E-state index in [0.29, 0.717) is 45.1 Å². The number of hydrogen-bond donors (Lipinski definition) is 3. The summed E-state index contributed by atoms with van der Waals surface area (Å²) in [7, 11) is 0. The zero-order valence-electron chi connectivity index (χ0n) is 20.0. The van der Waals surface area contributed by atoms with Crippen LogP contribution in [0, 0.1) is 0 Å². The zero-order valence-corrected chi connectivity index (χ0v) is 20.0. The van der Waals surface area contributed by atoms with Crippen LogP contribution in [0.1, 0.15) is 64.9 Å². The molecule has 9 heteroatoms. The van der Waals surface area contributed by atoms with Gasteiger partial charge in [-0.1, -0.05) is 30.3 Å². The van der Waals surface area contributed by atoms with Gasteiger partial charge in [-0.05, 0) is 71.4 Å². The van der Waals surface area contributed by atoms with Crippen molar-refractivity contribution < 1.29 is 29.0 Å². The number of alkyl carbamates (subject to hydrolysis) is 1. The Bertz CT molecular complexity index is 721. The van der Waals surface area contributed by atoms with E-state index >= 15 is 0 Å². The van der Waals surface area contributed by atoms with E-state index in [1.54, 1.807) is 20.8 Å². The minimum absolute atomic E-state index is 0.0252. The summed E-state index contributed by atoms with van der Waals surface area (Å²) in [5, 5.41) is 11.6. The summed E-state index contributed by atoms with van der Waals surface area (Å²) < 4.78 is 10.7. The number of aliphatic hydroxyl groups excluding tert-OH is 1. The average Bonchev–Trinajstić information content (AvgIpc) is 2.76. The van der Waals surface area contributed by atoms with Gasteiger partial charge in [-0.15, -0.1) is 0 Å². The summed E-state index contributed by atoms with van der Waals surface area (Å²) in [4.78, 5) is 39.5. The Kier molecular flexibility index (Phi) is 13.1. The van der Waals surface area contributed by atoms with Crippen LogP contribution >= 0.6 is 0 Å². The van der Waals surface area contributed by atoms with Gasteiger partial charge in [0.2, 0.25) is 0 Å². The first-order valence-corrected chi connectivity index (χ1v) is 11.5. The molecule has 0 heterocycles. The molecule has 3 amide bonds. The van der Waals surface area contributed by atoms with Crippen LogP contribution in [0.2, 0.25) is 0 Å². The number of hydrogen-bond acceptors (Lipinski definition) is 7. The minimum Gasteiger partial charge on any atom is -0.444 e. The fourth-order valence-electron chi connectivity index (χ4n) is 3.04. The van der Waals surface area contributed by atoms with E-state index in [0.717, 1.165) is 10.5 Å². The number of unbranched alkanes of at least 4 members (excludes halogenated alkanes) is 3. The lowest BCUT2D eigenvalue weighted by Crippen LogP contribution is -2.51. The number of rotatable bonds is 13. The third-order valence-electron chi connectivity index (χ3n) is 4.67. The summed E-state index contributed by atoms with van der Waals surface area (Å²) in [5.74, 6) is -0.556. The van der Waals surface area contributed by atoms with Crippen LogP contribution in [0.15, 0.2) is 30.3 Å². The second-order valence-corrected chi connectivity index (χ2v) is 8.80. The Balaban J connectivity index is 2.94. The second kappa shape index (κ2) is 15.2. The highest BCUT2D eigenvalue weighted by molar-refractivity contribution is 5.96. The maximum atomic E-state index is 13.3. The molecule has 0 aliphatic carbocycles. The van der Waals surface area contributed by atoms with Gasteiger partial charge in [-0.2, -0.15) is 0 Å².